The van der Waals surface area contributed by atoms with Gasteiger partial charge in [0.2, 0.25) is 5.95 Å². The zero-order chi connectivity index (χ0) is 12.1. The topological polar surface area (TPSA) is 41.1 Å². The lowest BCUT2D eigenvalue weighted by molar-refractivity contribution is 0.683. The van der Waals surface area contributed by atoms with E-state index in [4.69, 9.17) is 0 Å². The highest BCUT2D eigenvalue weighted by Gasteiger charge is 2.19. The molecule has 0 radical (unpaired) electrons. The SMILES string of the molecule is CSCCN(C)c1ncc(CNC2CC2)cn1. The van der Waals surface area contributed by atoms with Crippen LogP contribution in [0.25, 0.3) is 0 Å². The minimum Gasteiger partial charge on any atom is -0.343 e. The summed E-state index contributed by atoms with van der Waals surface area (Å²) in [7, 11) is 2.04. The summed E-state index contributed by atoms with van der Waals surface area (Å²) in [4.78, 5) is 10.9. The number of nitrogens with zero attached hydrogens (tertiary/aromatic N) is 3. The fourth-order valence-electron chi connectivity index (χ4n) is 1.51. The lowest BCUT2D eigenvalue weighted by Gasteiger charge is -2.16. The van der Waals surface area contributed by atoms with Gasteiger partial charge >= 0.3 is 0 Å². The number of thioether (sulfide) groups is 1. The molecular formula is C12H20N4S. The van der Waals surface area contributed by atoms with Crippen molar-refractivity contribution in [2.45, 2.75) is 25.4 Å². The summed E-state index contributed by atoms with van der Waals surface area (Å²) in [6.45, 7) is 1.88. The quantitative estimate of drug-likeness (QED) is 0.797. The first kappa shape index (κ1) is 12.6. The maximum absolute atomic E-state index is 4.40. The van der Waals surface area contributed by atoms with Crippen LogP contribution in [0.15, 0.2) is 12.4 Å². The van der Waals surface area contributed by atoms with Gasteiger partial charge in [0.25, 0.3) is 0 Å². The zero-order valence-electron chi connectivity index (χ0n) is 10.5. The second-order valence-electron chi connectivity index (χ2n) is 4.46. The Morgan fingerprint density at radius 2 is 2.12 bits per heavy atom. The van der Waals surface area contributed by atoms with Crippen LogP contribution in [-0.4, -0.2) is 41.6 Å². The Bertz CT molecular complexity index is 337. The fourth-order valence-corrected chi connectivity index (χ4v) is 1.97. The van der Waals surface area contributed by atoms with Gasteiger partial charge in [-0.05, 0) is 19.1 Å². The van der Waals surface area contributed by atoms with E-state index in [0.29, 0.717) is 0 Å². The van der Waals surface area contributed by atoms with E-state index in [1.807, 2.05) is 31.2 Å². The normalized spacial score (nSPS) is 14.9. The van der Waals surface area contributed by atoms with Crippen molar-refractivity contribution in [1.82, 2.24) is 15.3 Å². The molecule has 5 heteroatoms. The number of aromatic nitrogens is 2. The van der Waals surface area contributed by atoms with Gasteiger partial charge in [0.1, 0.15) is 0 Å². The van der Waals surface area contributed by atoms with Crippen molar-refractivity contribution in [2.24, 2.45) is 0 Å². The molecule has 1 saturated carbocycles. The number of rotatable bonds is 7. The van der Waals surface area contributed by atoms with Crippen LogP contribution in [0.1, 0.15) is 18.4 Å². The molecule has 1 fully saturated rings. The zero-order valence-corrected chi connectivity index (χ0v) is 11.3. The summed E-state index contributed by atoms with van der Waals surface area (Å²) < 4.78 is 0. The molecule has 1 heterocycles. The largest absolute Gasteiger partial charge is 0.343 e. The minimum absolute atomic E-state index is 0.735. The van der Waals surface area contributed by atoms with E-state index in [-0.39, 0.29) is 0 Å². The highest BCUT2D eigenvalue weighted by atomic mass is 32.2. The molecule has 0 saturated heterocycles. The average molecular weight is 252 g/mol. The highest BCUT2D eigenvalue weighted by molar-refractivity contribution is 7.98. The first-order valence-corrected chi connectivity index (χ1v) is 7.43. The molecule has 1 aromatic rings. The number of hydrogen-bond donors (Lipinski definition) is 1. The predicted octanol–water partition coefficient (Wildman–Crippen LogP) is 1.53. The van der Waals surface area contributed by atoms with E-state index in [1.54, 1.807) is 0 Å². The van der Waals surface area contributed by atoms with Crippen LogP contribution in [0, 0.1) is 0 Å². The van der Waals surface area contributed by atoms with E-state index in [1.165, 1.54) is 18.4 Å². The van der Waals surface area contributed by atoms with E-state index in [0.717, 1.165) is 30.8 Å². The van der Waals surface area contributed by atoms with Gasteiger partial charge < -0.3 is 10.2 Å². The van der Waals surface area contributed by atoms with Crippen molar-refractivity contribution in [1.29, 1.82) is 0 Å². The van der Waals surface area contributed by atoms with Crippen LogP contribution in [0.2, 0.25) is 0 Å². The molecule has 0 atom stereocenters. The summed E-state index contributed by atoms with van der Waals surface area (Å²) in [5.74, 6) is 1.92. The molecule has 0 bridgehead atoms. The Morgan fingerprint density at radius 3 is 2.71 bits per heavy atom. The van der Waals surface area contributed by atoms with Crippen molar-refractivity contribution in [3.63, 3.8) is 0 Å². The van der Waals surface area contributed by atoms with Gasteiger partial charge in [0, 0.05) is 49.9 Å². The molecule has 0 aliphatic heterocycles. The molecule has 17 heavy (non-hydrogen) atoms. The van der Waals surface area contributed by atoms with Crippen molar-refractivity contribution in [3.05, 3.63) is 18.0 Å². The van der Waals surface area contributed by atoms with Crippen LogP contribution < -0.4 is 10.2 Å². The lowest BCUT2D eigenvalue weighted by atomic mass is 10.3. The Balaban J connectivity index is 1.82. The van der Waals surface area contributed by atoms with Gasteiger partial charge in [-0.2, -0.15) is 11.8 Å². The molecule has 0 amide bonds. The van der Waals surface area contributed by atoms with Crippen molar-refractivity contribution < 1.29 is 0 Å². The Labute approximate surface area is 107 Å². The molecule has 1 aromatic heterocycles. The molecule has 0 spiro atoms. The number of nitrogens with one attached hydrogen (secondary N) is 1. The molecule has 0 unspecified atom stereocenters. The van der Waals surface area contributed by atoms with Crippen molar-refractivity contribution in [2.75, 3.05) is 30.5 Å². The molecule has 1 N–H and O–H groups in total. The first-order valence-electron chi connectivity index (χ1n) is 6.04. The number of anilines is 1. The Kier molecular flexibility index (Phi) is 4.62. The Morgan fingerprint density at radius 1 is 1.41 bits per heavy atom. The van der Waals surface area contributed by atoms with Gasteiger partial charge in [0.05, 0.1) is 0 Å². The maximum atomic E-state index is 4.40. The van der Waals surface area contributed by atoms with Crippen LogP contribution in [-0.2, 0) is 6.54 Å². The highest BCUT2D eigenvalue weighted by Crippen LogP contribution is 2.19. The van der Waals surface area contributed by atoms with E-state index in [2.05, 4.69) is 26.4 Å². The second-order valence-corrected chi connectivity index (χ2v) is 5.45. The van der Waals surface area contributed by atoms with Crippen molar-refractivity contribution in [3.8, 4) is 0 Å². The summed E-state index contributed by atoms with van der Waals surface area (Å²) in [5.41, 5.74) is 1.17. The average Bonchev–Trinajstić information content (AvgIpc) is 3.18. The van der Waals surface area contributed by atoms with Gasteiger partial charge in [-0.25, -0.2) is 9.97 Å². The smallest absolute Gasteiger partial charge is 0.225 e. The molecule has 0 aromatic carbocycles. The molecule has 1 aliphatic carbocycles. The van der Waals surface area contributed by atoms with Crippen LogP contribution in [0.4, 0.5) is 5.95 Å². The third-order valence-electron chi connectivity index (χ3n) is 2.84. The van der Waals surface area contributed by atoms with Crippen molar-refractivity contribution >= 4 is 17.7 Å². The van der Waals surface area contributed by atoms with Gasteiger partial charge in [0.15, 0.2) is 0 Å². The molecule has 4 nitrogen and oxygen atoms in total. The molecule has 2 rings (SSSR count). The van der Waals surface area contributed by atoms with Gasteiger partial charge in [-0.3, -0.25) is 0 Å². The van der Waals surface area contributed by atoms with E-state index >= 15 is 0 Å². The third kappa shape index (κ3) is 4.16. The first-order chi connectivity index (χ1) is 8.29. The third-order valence-corrected chi connectivity index (χ3v) is 3.43. The monoisotopic (exact) mass is 252 g/mol. The standard InChI is InChI=1S/C12H20N4S/c1-16(5-6-17-2)12-14-8-10(9-15-12)7-13-11-3-4-11/h8-9,11,13H,3-7H2,1-2H3. The molecule has 1 aliphatic rings. The van der Waals surface area contributed by atoms with E-state index in [9.17, 15) is 0 Å². The lowest BCUT2D eigenvalue weighted by Crippen LogP contribution is -2.23. The van der Waals surface area contributed by atoms with E-state index < -0.39 is 0 Å². The minimum atomic E-state index is 0.735. The van der Waals surface area contributed by atoms with Gasteiger partial charge in [-0.1, -0.05) is 0 Å². The van der Waals surface area contributed by atoms with Crippen LogP contribution in [0.5, 0.6) is 0 Å². The summed E-state index contributed by atoms with van der Waals surface area (Å²) in [5, 5.41) is 3.46. The summed E-state index contributed by atoms with van der Waals surface area (Å²) in [6, 6.07) is 0.735. The van der Waals surface area contributed by atoms with Gasteiger partial charge in [-0.15, -0.1) is 0 Å². The second kappa shape index (κ2) is 6.21. The molecular weight excluding hydrogens is 232 g/mol. The fraction of sp³-hybridized carbons (Fsp3) is 0.667. The van der Waals surface area contributed by atoms with Crippen LogP contribution >= 0.6 is 11.8 Å². The molecule has 94 valence electrons. The maximum Gasteiger partial charge on any atom is 0.225 e. The summed E-state index contributed by atoms with van der Waals surface area (Å²) in [6.07, 6.45) is 8.59. The van der Waals surface area contributed by atoms with Crippen LogP contribution in [0.3, 0.4) is 0 Å². The number of hydrogen-bond acceptors (Lipinski definition) is 5. The predicted molar refractivity (Wildman–Crippen MR) is 73.5 cm³/mol. The Hall–Kier alpha value is -0.810. The summed E-state index contributed by atoms with van der Waals surface area (Å²) >= 11 is 1.84.